The van der Waals surface area contributed by atoms with E-state index in [0.29, 0.717) is 5.69 Å². The van der Waals surface area contributed by atoms with Gasteiger partial charge < -0.3 is 10.1 Å². The van der Waals surface area contributed by atoms with Gasteiger partial charge in [0.2, 0.25) is 10.0 Å². The fraction of sp³-hybridized carbons (Fsp3) is 0.111. The number of primary sulfonamides is 1. The number of esters is 1. The molecular formula is C18H17BrN2O5S. The van der Waals surface area contributed by atoms with Gasteiger partial charge in [0.05, 0.1) is 4.90 Å². The van der Waals surface area contributed by atoms with Crippen LogP contribution in [0.3, 0.4) is 0 Å². The number of benzene rings is 2. The molecule has 2 rings (SSSR count). The van der Waals surface area contributed by atoms with Gasteiger partial charge in [-0.3, -0.25) is 4.79 Å². The number of hydrogen-bond donors (Lipinski definition) is 2. The molecule has 1 atom stereocenters. The summed E-state index contributed by atoms with van der Waals surface area (Å²) < 4.78 is 28.3. The number of carbonyl (C=O) groups excluding carboxylic acids is 2. The van der Waals surface area contributed by atoms with Crippen molar-refractivity contribution in [3.63, 3.8) is 0 Å². The van der Waals surface area contributed by atoms with Crippen LogP contribution in [-0.2, 0) is 24.3 Å². The molecule has 7 nitrogen and oxygen atoms in total. The summed E-state index contributed by atoms with van der Waals surface area (Å²) >= 11 is 3.33. The first-order valence-electron chi connectivity index (χ1n) is 7.73. The predicted molar refractivity (Wildman–Crippen MR) is 105 cm³/mol. The molecule has 0 fully saturated rings. The average Bonchev–Trinajstić information content (AvgIpc) is 2.59. The van der Waals surface area contributed by atoms with Crippen molar-refractivity contribution in [1.82, 2.24) is 0 Å². The number of anilines is 1. The first kappa shape index (κ1) is 20.8. The van der Waals surface area contributed by atoms with Crippen molar-refractivity contribution < 1.29 is 22.7 Å². The van der Waals surface area contributed by atoms with Crippen molar-refractivity contribution in [1.29, 1.82) is 0 Å². The van der Waals surface area contributed by atoms with E-state index in [2.05, 4.69) is 21.2 Å². The molecule has 0 bridgehead atoms. The van der Waals surface area contributed by atoms with Crippen LogP contribution in [0.1, 0.15) is 12.5 Å². The van der Waals surface area contributed by atoms with Gasteiger partial charge in [0, 0.05) is 16.2 Å². The van der Waals surface area contributed by atoms with Gasteiger partial charge in [-0.25, -0.2) is 18.4 Å². The number of carbonyl (C=O) groups is 2. The zero-order chi connectivity index (χ0) is 20.0. The van der Waals surface area contributed by atoms with Crippen molar-refractivity contribution >= 4 is 49.6 Å². The molecule has 27 heavy (non-hydrogen) atoms. The Morgan fingerprint density at radius 2 is 1.85 bits per heavy atom. The lowest BCUT2D eigenvalue weighted by molar-refractivity contribution is -0.148. The maximum atomic E-state index is 12.1. The van der Waals surface area contributed by atoms with E-state index in [1.165, 1.54) is 37.3 Å². The SMILES string of the molecule is C[C@H](OC(=O)/C=C\c1cccc(Br)c1)C(=O)Nc1ccc(S(N)(=O)=O)cc1. The average molecular weight is 453 g/mol. The highest BCUT2D eigenvalue weighted by atomic mass is 79.9. The predicted octanol–water partition coefficient (Wildman–Crippen LogP) is 2.68. The molecule has 0 aromatic heterocycles. The Hall–Kier alpha value is -2.49. The van der Waals surface area contributed by atoms with E-state index in [-0.39, 0.29) is 4.90 Å². The van der Waals surface area contributed by atoms with Gasteiger partial charge in [0.25, 0.3) is 5.91 Å². The summed E-state index contributed by atoms with van der Waals surface area (Å²) in [4.78, 5) is 23.9. The maximum absolute atomic E-state index is 12.1. The second-order valence-electron chi connectivity index (χ2n) is 5.53. The third-order valence-electron chi connectivity index (χ3n) is 3.37. The molecule has 0 saturated carbocycles. The first-order chi connectivity index (χ1) is 12.6. The van der Waals surface area contributed by atoms with Crippen molar-refractivity contribution in [2.24, 2.45) is 5.14 Å². The zero-order valence-electron chi connectivity index (χ0n) is 14.3. The number of rotatable bonds is 6. The molecule has 0 aliphatic rings. The molecule has 0 spiro atoms. The largest absolute Gasteiger partial charge is 0.449 e. The Bertz CT molecular complexity index is 972. The topological polar surface area (TPSA) is 116 Å². The van der Waals surface area contributed by atoms with Gasteiger partial charge in [-0.2, -0.15) is 0 Å². The minimum absolute atomic E-state index is 0.0716. The number of nitrogens with one attached hydrogen (secondary N) is 1. The van der Waals surface area contributed by atoms with Gasteiger partial charge >= 0.3 is 5.97 Å². The highest BCUT2D eigenvalue weighted by Gasteiger charge is 2.17. The standard InChI is InChI=1S/C18H17BrN2O5S/c1-12(26-17(22)10-5-13-3-2-4-14(19)11-13)18(23)21-15-6-8-16(9-7-15)27(20,24)25/h2-12H,1H3,(H,21,23)(H2,20,24,25)/b10-5-/t12-/m0/s1. The Kier molecular flexibility index (Phi) is 6.89. The van der Waals surface area contributed by atoms with E-state index in [0.717, 1.165) is 10.0 Å². The lowest BCUT2D eigenvalue weighted by Crippen LogP contribution is -2.29. The lowest BCUT2D eigenvalue weighted by atomic mass is 10.2. The zero-order valence-corrected chi connectivity index (χ0v) is 16.7. The molecule has 0 saturated heterocycles. The molecule has 9 heteroatoms. The Morgan fingerprint density at radius 1 is 1.19 bits per heavy atom. The van der Waals surface area contributed by atoms with Crippen LogP contribution in [0.5, 0.6) is 0 Å². The molecule has 0 heterocycles. The van der Waals surface area contributed by atoms with E-state index >= 15 is 0 Å². The molecule has 0 aliphatic carbocycles. The van der Waals surface area contributed by atoms with E-state index < -0.39 is 28.0 Å². The Morgan fingerprint density at radius 3 is 2.44 bits per heavy atom. The molecule has 2 aromatic carbocycles. The molecule has 0 aliphatic heterocycles. The van der Waals surface area contributed by atoms with Crippen LogP contribution >= 0.6 is 15.9 Å². The van der Waals surface area contributed by atoms with Crippen molar-refractivity contribution in [2.45, 2.75) is 17.9 Å². The minimum atomic E-state index is -3.80. The summed E-state index contributed by atoms with van der Waals surface area (Å²) in [5.41, 5.74) is 1.15. The Labute approximate surface area is 165 Å². The molecule has 0 radical (unpaired) electrons. The summed E-state index contributed by atoms with van der Waals surface area (Å²) in [6, 6.07) is 12.6. The Balaban J connectivity index is 1.92. The minimum Gasteiger partial charge on any atom is -0.449 e. The molecule has 2 aromatic rings. The second-order valence-corrected chi connectivity index (χ2v) is 8.00. The van der Waals surface area contributed by atoms with Crippen LogP contribution in [0.25, 0.3) is 6.08 Å². The monoisotopic (exact) mass is 452 g/mol. The molecular weight excluding hydrogens is 436 g/mol. The smallest absolute Gasteiger partial charge is 0.331 e. The second kappa shape index (κ2) is 8.94. The summed E-state index contributed by atoms with van der Waals surface area (Å²) in [6.07, 6.45) is 1.76. The van der Waals surface area contributed by atoms with Crippen molar-refractivity contribution in [2.75, 3.05) is 5.32 Å². The van der Waals surface area contributed by atoms with Crippen LogP contribution < -0.4 is 10.5 Å². The van der Waals surface area contributed by atoms with Crippen LogP contribution in [0.15, 0.2) is 64.0 Å². The highest BCUT2D eigenvalue weighted by molar-refractivity contribution is 9.10. The van der Waals surface area contributed by atoms with Gasteiger partial charge in [-0.15, -0.1) is 0 Å². The van der Waals surface area contributed by atoms with Crippen LogP contribution in [-0.4, -0.2) is 26.4 Å². The van der Waals surface area contributed by atoms with E-state index in [4.69, 9.17) is 9.88 Å². The third kappa shape index (κ3) is 6.63. The molecule has 0 unspecified atom stereocenters. The number of ether oxygens (including phenoxy) is 1. The molecule has 3 N–H and O–H groups in total. The fourth-order valence-corrected chi connectivity index (χ4v) is 2.95. The van der Waals surface area contributed by atoms with Gasteiger partial charge in [-0.1, -0.05) is 28.1 Å². The van der Waals surface area contributed by atoms with Gasteiger partial charge in [0.1, 0.15) is 0 Å². The van der Waals surface area contributed by atoms with Crippen molar-refractivity contribution in [3.8, 4) is 0 Å². The maximum Gasteiger partial charge on any atom is 0.331 e. The number of hydrogen-bond acceptors (Lipinski definition) is 5. The quantitative estimate of drug-likeness (QED) is 0.516. The van der Waals surface area contributed by atoms with E-state index in [1.54, 1.807) is 6.08 Å². The number of halogens is 1. The number of amides is 1. The highest BCUT2D eigenvalue weighted by Crippen LogP contribution is 2.14. The lowest BCUT2D eigenvalue weighted by Gasteiger charge is -2.12. The third-order valence-corrected chi connectivity index (χ3v) is 4.80. The summed E-state index contributed by atoms with van der Waals surface area (Å²) in [6.45, 7) is 1.43. The normalized spacial score (nSPS) is 12.6. The van der Waals surface area contributed by atoms with Crippen LogP contribution in [0.4, 0.5) is 5.69 Å². The summed E-state index contributed by atoms with van der Waals surface area (Å²) in [7, 11) is -3.80. The number of sulfonamides is 1. The fourth-order valence-electron chi connectivity index (χ4n) is 2.01. The van der Waals surface area contributed by atoms with Crippen molar-refractivity contribution in [3.05, 3.63) is 64.6 Å². The van der Waals surface area contributed by atoms with Gasteiger partial charge in [-0.05, 0) is 55.0 Å². The van der Waals surface area contributed by atoms with Crippen LogP contribution in [0, 0.1) is 0 Å². The number of nitrogens with two attached hydrogens (primary N) is 1. The van der Waals surface area contributed by atoms with E-state index in [1.807, 2.05) is 24.3 Å². The molecule has 1 amide bonds. The summed E-state index contributed by atoms with van der Waals surface area (Å²) in [5.74, 6) is -1.22. The summed E-state index contributed by atoms with van der Waals surface area (Å²) in [5, 5.41) is 7.53. The van der Waals surface area contributed by atoms with Crippen LogP contribution in [0.2, 0.25) is 0 Å². The molecule has 142 valence electrons. The van der Waals surface area contributed by atoms with E-state index in [9.17, 15) is 18.0 Å². The first-order valence-corrected chi connectivity index (χ1v) is 10.1. The van der Waals surface area contributed by atoms with Gasteiger partial charge in [0.15, 0.2) is 6.10 Å².